The Balaban J connectivity index is 2.04. The zero-order chi connectivity index (χ0) is 15.0. The maximum absolute atomic E-state index is 12.4. The van der Waals surface area contributed by atoms with Crippen molar-refractivity contribution in [3.05, 3.63) is 63.4 Å². The highest BCUT2D eigenvalue weighted by Crippen LogP contribution is 2.15. The Morgan fingerprint density at radius 3 is 2.67 bits per heavy atom. The molecule has 108 valence electrons. The normalized spacial score (nSPS) is 11.0. The van der Waals surface area contributed by atoms with E-state index in [9.17, 15) is 4.79 Å². The highest BCUT2D eigenvalue weighted by atomic mass is 35.5. The summed E-state index contributed by atoms with van der Waals surface area (Å²) in [5.41, 5.74) is 2.00. The second-order valence-electron chi connectivity index (χ2n) is 4.79. The van der Waals surface area contributed by atoms with Gasteiger partial charge in [0.1, 0.15) is 10.9 Å². The lowest BCUT2D eigenvalue weighted by molar-refractivity contribution is 0.414. The second kappa shape index (κ2) is 5.26. The zero-order valence-corrected chi connectivity index (χ0v) is 12.5. The number of hydrogen-bond donors (Lipinski definition) is 0. The Morgan fingerprint density at radius 1 is 1.29 bits per heavy atom. The van der Waals surface area contributed by atoms with Crippen molar-refractivity contribution in [3.8, 4) is 5.75 Å². The Bertz CT molecular complexity index is 850. The molecule has 21 heavy (non-hydrogen) atoms. The van der Waals surface area contributed by atoms with Gasteiger partial charge in [0.15, 0.2) is 0 Å². The van der Waals surface area contributed by atoms with Gasteiger partial charge in [0, 0.05) is 18.1 Å². The largest absolute Gasteiger partial charge is 0.497 e. The van der Waals surface area contributed by atoms with E-state index < -0.39 is 0 Å². The first-order chi connectivity index (χ1) is 10.1. The van der Waals surface area contributed by atoms with Crippen molar-refractivity contribution in [1.29, 1.82) is 0 Å². The highest BCUT2D eigenvalue weighted by Gasteiger charge is 2.11. The van der Waals surface area contributed by atoms with Crippen LogP contribution >= 0.6 is 11.6 Å². The van der Waals surface area contributed by atoms with E-state index in [0.29, 0.717) is 17.3 Å². The Kier molecular flexibility index (Phi) is 3.43. The number of imidazole rings is 1. The fraction of sp³-hybridized carbons (Fsp3) is 0.200. The van der Waals surface area contributed by atoms with Gasteiger partial charge in [0.05, 0.1) is 13.7 Å². The number of nitrogens with zero attached hydrogens (tertiary/aromatic N) is 3. The van der Waals surface area contributed by atoms with E-state index in [1.165, 1.54) is 0 Å². The van der Waals surface area contributed by atoms with Gasteiger partial charge in [-0.05, 0) is 24.6 Å². The molecule has 2 aromatic heterocycles. The van der Waals surface area contributed by atoms with Crippen LogP contribution in [0.5, 0.6) is 5.75 Å². The molecule has 0 aliphatic carbocycles. The number of benzene rings is 1. The number of hydrogen-bond acceptors (Lipinski definition) is 3. The van der Waals surface area contributed by atoms with E-state index in [1.54, 1.807) is 28.5 Å². The summed E-state index contributed by atoms with van der Waals surface area (Å²) in [6.07, 6.45) is 3.27. The summed E-state index contributed by atoms with van der Waals surface area (Å²) >= 11 is 6.24. The first kappa shape index (κ1) is 13.7. The molecule has 0 N–H and O–H groups in total. The Morgan fingerprint density at radius 2 is 2.00 bits per heavy atom. The van der Waals surface area contributed by atoms with Gasteiger partial charge in [0.2, 0.25) is 5.65 Å². The second-order valence-corrected chi connectivity index (χ2v) is 5.18. The summed E-state index contributed by atoms with van der Waals surface area (Å²) in [5, 5.41) is 0.466. The van der Waals surface area contributed by atoms with Gasteiger partial charge in [-0.15, -0.1) is 0 Å². The first-order valence-electron chi connectivity index (χ1n) is 6.46. The van der Waals surface area contributed by atoms with E-state index in [1.807, 2.05) is 31.2 Å². The summed E-state index contributed by atoms with van der Waals surface area (Å²) in [7, 11) is 1.62. The van der Waals surface area contributed by atoms with Crippen molar-refractivity contribution in [2.24, 2.45) is 0 Å². The maximum Gasteiger partial charge on any atom is 0.294 e. The lowest BCUT2D eigenvalue weighted by Crippen LogP contribution is -2.23. The quantitative estimate of drug-likeness (QED) is 0.747. The van der Waals surface area contributed by atoms with E-state index in [-0.39, 0.29) is 5.56 Å². The third-order valence-electron chi connectivity index (χ3n) is 3.38. The third kappa shape index (κ3) is 2.40. The summed E-state index contributed by atoms with van der Waals surface area (Å²) < 4.78 is 8.33. The van der Waals surface area contributed by atoms with Crippen LogP contribution in [-0.2, 0) is 6.54 Å². The van der Waals surface area contributed by atoms with Crippen molar-refractivity contribution in [1.82, 2.24) is 14.0 Å². The number of aryl methyl sites for hydroxylation is 1. The number of fused-ring (bicyclic) bond motifs is 1. The maximum atomic E-state index is 12.4. The van der Waals surface area contributed by atoms with Gasteiger partial charge in [0.25, 0.3) is 5.56 Å². The molecule has 0 fully saturated rings. The fourth-order valence-electron chi connectivity index (χ4n) is 2.28. The zero-order valence-electron chi connectivity index (χ0n) is 11.7. The van der Waals surface area contributed by atoms with Gasteiger partial charge < -0.3 is 9.30 Å². The molecular formula is C15H14ClN3O2. The molecule has 2 heterocycles. The molecule has 0 aliphatic rings. The minimum absolute atomic E-state index is 0.164. The average molecular weight is 304 g/mol. The topological polar surface area (TPSA) is 48.5 Å². The lowest BCUT2D eigenvalue weighted by atomic mass is 10.2. The molecule has 5 nitrogen and oxygen atoms in total. The Labute approximate surface area is 126 Å². The monoisotopic (exact) mass is 303 g/mol. The van der Waals surface area contributed by atoms with Gasteiger partial charge in [-0.3, -0.25) is 9.20 Å². The molecule has 0 bridgehead atoms. The Hall–Kier alpha value is -2.27. The predicted octanol–water partition coefficient (Wildman–Crippen LogP) is 2.51. The molecule has 1 aromatic carbocycles. The van der Waals surface area contributed by atoms with Gasteiger partial charge in [-0.2, -0.15) is 0 Å². The van der Waals surface area contributed by atoms with E-state index >= 15 is 0 Å². The van der Waals surface area contributed by atoms with E-state index in [2.05, 4.69) is 4.98 Å². The van der Waals surface area contributed by atoms with Crippen molar-refractivity contribution in [2.45, 2.75) is 13.5 Å². The highest BCUT2D eigenvalue weighted by molar-refractivity contribution is 6.29. The van der Waals surface area contributed by atoms with Crippen LogP contribution in [0.15, 0.2) is 41.5 Å². The molecule has 0 aliphatic heterocycles. The number of aromatic nitrogens is 3. The third-order valence-corrected chi connectivity index (χ3v) is 3.64. The van der Waals surface area contributed by atoms with E-state index in [0.717, 1.165) is 17.0 Å². The molecule has 0 atom stereocenters. The minimum atomic E-state index is -0.164. The molecule has 3 aromatic rings. The van der Waals surface area contributed by atoms with Crippen LogP contribution in [0.1, 0.15) is 11.3 Å². The first-order valence-corrected chi connectivity index (χ1v) is 6.84. The molecular weight excluding hydrogens is 290 g/mol. The summed E-state index contributed by atoms with van der Waals surface area (Å²) in [6.45, 7) is 2.30. The number of rotatable bonds is 3. The lowest BCUT2D eigenvalue weighted by Gasteiger charge is -2.09. The van der Waals surface area contributed by atoms with Gasteiger partial charge >= 0.3 is 0 Å². The minimum Gasteiger partial charge on any atom is -0.497 e. The fourth-order valence-corrected chi connectivity index (χ4v) is 2.61. The van der Waals surface area contributed by atoms with Crippen molar-refractivity contribution in [3.63, 3.8) is 0 Å². The summed E-state index contributed by atoms with van der Waals surface area (Å²) in [4.78, 5) is 16.6. The SMILES string of the molecule is COc1ccc(Cn2cc(Cl)n3c(C)cnc3c2=O)cc1. The smallest absolute Gasteiger partial charge is 0.294 e. The van der Waals surface area contributed by atoms with Crippen LogP contribution in [0.4, 0.5) is 0 Å². The van der Waals surface area contributed by atoms with Crippen LogP contribution in [0.2, 0.25) is 5.15 Å². The van der Waals surface area contributed by atoms with Gasteiger partial charge in [-0.25, -0.2) is 4.98 Å². The molecule has 0 saturated carbocycles. The number of methoxy groups -OCH3 is 1. The average Bonchev–Trinajstić information content (AvgIpc) is 2.88. The molecule has 6 heteroatoms. The van der Waals surface area contributed by atoms with Crippen molar-refractivity contribution in [2.75, 3.05) is 7.11 Å². The van der Waals surface area contributed by atoms with Crippen LogP contribution in [0.25, 0.3) is 5.65 Å². The summed E-state index contributed by atoms with van der Waals surface area (Å²) in [5.74, 6) is 0.781. The van der Waals surface area contributed by atoms with Crippen molar-refractivity contribution >= 4 is 17.2 Å². The van der Waals surface area contributed by atoms with Crippen LogP contribution in [0, 0.1) is 6.92 Å². The summed E-state index contributed by atoms with van der Waals surface area (Å²) in [6, 6.07) is 7.56. The predicted molar refractivity (Wildman–Crippen MR) is 81.3 cm³/mol. The molecule has 0 unspecified atom stereocenters. The molecule has 0 amide bonds. The number of halogens is 1. The number of ether oxygens (including phenoxy) is 1. The standard InChI is InChI=1S/C15H14ClN3O2/c1-10-7-17-14-15(20)18(9-13(16)19(10)14)8-11-3-5-12(21-2)6-4-11/h3-7,9H,8H2,1-2H3. The molecule has 0 radical (unpaired) electrons. The van der Waals surface area contributed by atoms with Gasteiger partial charge in [-0.1, -0.05) is 23.7 Å². The van der Waals surface area contributed by atoms with E-state index in [4.69, 9.17) is 16.3 Å². The molecule has 0 spiro atoms. The molecule has 3 rings (SSSR count). The van der Waals surface area contributed by atoms with Crippen LogP contribution in [0.3, 0.4) is 0 Å². The van der Waals surface area contributed by atoms with Crippen LogP contribution in [-0.4, -0.2) is 21.1 Å². The van der Waals surface area contributed by atoms with Crippen molar-refractivity contribution < 1.29 is 4.74 Å². The molecule has 0 saturated heterocycles. The van der Waals surface area contributed by atoms with Crippen LogP contribution < -0.4 is 10.3 Å².